The molecule has 4 aromatic rings. The first-order chi connectivity index (χ1) is 19.9. The zero-order valence-electron chi connectivity index (χ0n) is 22.3. The molecule has 0 bridgehead atoms. The first kappa shape index (κ1) is 29.5. The highest BCUT2D eigenvalue weighted by atomic mass is 32.2. The molecule has 1 saturated heterocycles. The van der Waals surface area contributed by atoms with Gasteiger partial charge in [-0.15, -0.1) is 24.5 Å². The number of rotatable bonds is 8. The normalized spacial score (nSPS) is 14.7. The lowest BCUT2D eigenvalue weighted by molar-refractivity contribution is -0.274. The molecule has 2 aromatic heterocycles. The number of anilines is 1. The van der Waals surface area contributed by atoms with Gasteiger partial charge in [-0.1, -0.05) is 19.1 Å². The number of aromatic nitrogens is 3. The number of carbonyl (C=O) groups is 2. The predicted molar refractivity (Wildman–Crippen MR) is 150 cm³/mol. The molecule has 2 aromatic carbocycles. The molecule has 0 aliphatic carbocycles. The molecule has 0 atom stereocenters. The van der Waals surface area contributed by atoms with Crippen molar-refractivity contribution in [1.82, 2.24) is 19.9 Å². The Labute approximate surface area is 242 Å². The van der Waals surface area contributed by atoms with E-state index in [4.69, 9.17) is 0 Å². The molecule has 1 fully saturated rings. The van der Waals surface area contributed by atoms with Crippen LogP contribution in [0.5, 0.6) is 5.75 Å². The van der Waals surface area contributed by atoms with E-state index in [9.17, 15) is 31.2 Å². The van der Waals surface area contributed by atoms with Crippen LogP contribution in [0.25, 0.3) is 11.0 Å². The Bertz CT molecular complexity index is 1730. The third-order valence-electron chi connectivity index (χ3n) is 6.75. The lowest BCUT2D eigenvalue weighted by Gasteiger charge is -2.31. The number of H-pyrrole nitrogens is 1. The van der Waals surface area contributed by atoms with E-state index in [2.05, 4.69) is 25.0 Å². The summed E-state index contributed by atoms with van der Waals surface area (Å²) in [5.74, 6) is -1.44. The fraction of sp³-hybridized carbons (Fsp3) is 0.333. The number of thiazole rings is 1. The van der Waals surface area contributed by atoms with Crippen molar-refractivity contribution in [1.29, 1.82) is 0 Å². The van der Waals surface area contributed by atoms with Gasteiger partial charge in [0.1, 0.15) is 11.4 Å². The van der Waals surface area contributed by atoms with Gasteiger partial charge in [-0.2, -0.15) is 0 Å². The number of imidazole rings is 1. The number of ether oxygens (including phenoxy) is 1. The number of fused-ring (bicyclic) bond motifs is 1. The molecule has 3 heterocycles. The lowest BCUT2D eigenvalue weighted by atomic mass is 9.97. The van der Waals surface area contributed by atoms with Gasteiger partial charge in [0.2, 0.25) is 5.95 Å². The number of amides is 2. The smallest absolute Gasteiger partial charge is 0.405 e. The number of halogens is 3. The van der Waals surface area contributed by atoms with Gasteiger partial charge in [-0.25, -0.2) is 18.4 Å². The van der Waals surface area contributed by atoms with Crippen molar-refractivity contribution < 1.29 is 35.9 Å². The van der Waals surface area contributed by atoms with Crippen molar-refractivity contribution in [2.75, 3.05) is 24.2 Å². The van der Waals surface area contributed by atoms with Crippen LogP contribution in [0, 0.1) is 0 Å². The molecular weight excluding hydrogens is 595 g/mol. The summed E-state index contributed by atoms with van der Waals surface area (Å²) in [6.45, 7) is 2.40. The average molecular weight is 622 g/mol. The first-order valence-electron chi connectivity index (χ1n) is 13.1. The Morgan fingerprint density at radius 2 is 1.88 bits per heavy atom. The van der Waals surface area contributed by atoms with Gasteiger partial charge in [-0.05, 0) is 49.6 Å². The van der Waals surface area contributed by atoms with E-state index in [1.807, 2.05) is 0 Å². The van der Waals surface area contributed by atoms with Gasteiger partial charge in [-0.3, -0.25) is 14.9 Å². The lowest BCUT2D eigenvalue weighted by Crippen LogP contribution is -2.38. The molecule has 0 spiro atoms. The van der Waals surface area contributed by atoms with Gasteiger partial charge in [0.25, 0.3) is 11.8 Å². The number of sulfone groups is 1. The third kappa shape index (κ3) is 6.57. The minimum absolute atomic E-state index is 0.0267. The van der Waals surface area contributed by atoms with Crippen molar-refractivity contribution in [3.05, 3.63) is 64.1 Å². The van der Waals surface area contributed by atoms with Gasteiger partial charge in [0, 0.05) is 24.4 Å². The maximum absolute atomic E-state index is 13.0. The van der Waals surface area contributed by atoms with E-state index in [0.717, 1.165) is 6.07 Å². The number of benzene rings is 2. The van der Waals surface area contributed by atoms with E-state index in [0.29, 0.717) is 48.4 Å². The van der Waals surface area contributed by atoms with Crippen molar-refractivity contribution in [3.8, 4) is 5.75 Å². The molecule has 1 aliphatic heterocycles. The minimum atomic E-state index is -4.91. The molecule has 0 unspecified atom stereocenters. The zero-order valence-corrected chi connectivity index (χ0v) is 23.9. The number of carbonyl (C=O) groups excluding carboxylic acids is 2. The second-order valence-corrected chi connectivity index (χ2v) is 12.7. The van der Waals surface area contributed by atoms with Crippen molar-refractivity contribution in [2.45, 2.75) is 43.4 Å². The summed E-state index contributed by atoms with van der Waals surface area (Å²) in [5, 5.41) is 4.98. The number of hydrogen-bond acceptors (Lipinski definition) is 8. The molecule has 10 nitrogen and oxygen atoms in total. The monoisotopic (exact) mass is 621 g/mol. The van der Waals surface area contributed by atoms with Crippen LogP contribution >= 0.6 is 11.3 Å². The number of nitrogens with zero attached hydrogens (tertiary/aromatic N) is 3. The van der Waals surface area contributed by atoms with Crippen molar-refractivity contribution in [3.63, 3.8) is 0 Å². The van der Waals surface area contributed by atoms with Crippen LogP contribution in [0.15, 0.2) is 52.7 Å². The van der Waals surface area contributed by atoms with Crippen molar-refractivity contribution >= 4 is 50.0 Å². The maximum Gasteiger partial charge on any atom is 0.573 e. The summed E-state index contributed by atoms with van der Waals surface area (Å²) < 4.78 is 67.1. The predicted octanol–water partition coefficient (Wildman–Crippen LogP) is 5.37. The standard InChI is InChI=1S/C27H26F3N5O5S2/c1-2-13-42(38,39)17-7-8-19-20(14-17)33-26(32-19)34-23(36)21-15-41-24(31-21)16-9-11-35(12-10-16)25(37)18-5-3-4-6-22(18)40-27(28,29)30/h3-8,14-16H,2,9-13H2,1H3,(H2,32,33,34,36). The summed E-state index contributed by atoms with van der Waals surface area (Å²) in [7, 11) is -3.42. The van der Waals surface area contributed by atoms with E-state index in [1.54, 1.807) is 18.4 Å². The van der Waals surface area contributed by atoms with Crippen LogP contribution in [0.3, 0.4) is 0 Å². The first-order valence-corrected chi connectivity index (χ1v) is 15.6. The minimum Gasteiger partial charge on any atom is -0.405 e. The molecule has 222 valence electrons. The highest BCUT2D eigenvalue weighted by Crippen LogP contribution is 2.33. The Morgan fingerprint density at radius 3 is 2.60 bits per heavy atom. The number of aromatic amines is 1. The molecule has 15 heteroatoms. The van der Waals surface area contributed by atoms with Crippen LogP contribution in [-0.4, -0.2) is 65.3 Å². The number of para-hydroxylation sites is 1. The SMILES string of the molecule is CCCS(=O)(=O)c1ccc2[nH]c(NC(=O)c3csc(C4CCN(C(=O)c5ccccc5OC(F)(F)F)CC4)n3)nc2c1. The fourth-order valence-electron chi connectivity index (χ4n) is 4.73. The second-order valence-electron chi connectivity index (χ2n) is 9.72. The third-order valence-corrected chi connectivity index (χ3v) is 9.67. The van der Waals surface area contributed by atoms with Gasteiger partial charge < -0.3 is 14.6 Å². The molecular formula is C27H26F3N5O5S2. The fourth-order valence-corrected chi connectivity index (χ4v) is 7.04. The van der Waals surface area contributed by atoms with E-state index < -0.39 is 33.8 Å². The molecule has 1 aliphatic rings. The summed E-state index contributed by atoms with van der Waals surface area (Å²) in [6.07, 6.45) is -3.38. The highest BCUT2D eigenvalue weighted by molar-refractivity contribution is 7.91. The Kier molecular flexibility index (Phi) is 8.23. The van der Waals surface area contributed by atoms with Crippen LogP contribution in [0.2, 0.25) is 0 Å². The van der Waals surface area contributed by atoms with E-state index >= 15 is 0 Å². The Morgan fingerprint density at radius 1 is 1.14 bits per heavy atom. The number of alkyl halides is 3. The average Bonchev–Trinajstić information content (AvgIpc) is 3.59. The van der Waals surface area contributed by atoms with E-state index in [1.165, 1.54) is 46.6 Å². The quantitative estimate of drug-likeness (QED) is 0.270. The highest BCUT2D eigenvalue weighted by Gasteiger charge is 2.34. The number of nitrogens with one attached hydrogen (secondary N) is 2. The van der Waals surface area contributed by atoms with Crippen LogP contribution in [0.1, 0.15) is 58.0 Å². The van der Waals surface area contributed by atoms with Crippen molar-refractivity contribution in [2.24, 2.45) is 0 Å². The molecule has 42 heavy (non-hydrogen) atoms. The zero-order chi connectivity index (χ0) is 30.1. The van der Waals surface area contributed by atoms with Gasteiger partial charge in [0.15, 0.2) is 9.84 Å². The molecule has 2 N–H and O–H groups in total. The molecule has 5 rings (SSSR count). The van der Waals surface area contributed by atoms with E-state index in [-0.39, 0.29) is 33.8 Å². The van der Waals surface area contributed by atoms with Gasteiger partial charge in [0.05, 0.1) is 32.3 Å². The van der Waals surface area contributed by atoms with Crippen LogP contribution in [0.4, 0.5) is 19.1 Å². The van der Waals surface area contributed by atoms with Crippen LogP contribution in [-0.2, 0) is 9.84 Å². The summed E-state index contributed by atoms with van der Waals surface area (Å²) in [6, 6.07) is 9.81. The second kappa shape index (κ2) is 11.7. The molecule has 0 saturated carbocycles. The Hall–Kier alpha value is -3.98. The molecule has 2 amide bonds. The number of hydrogen-bond donors (Lipinski definition) is 2. The number of likely N-dealkylation sites (tertiary alicyclic amines) is 1. The Balaban J connectivity index is 1.21. The largest absolute Gasteiger partial charge is 0.573 e. The van der Waals surface area contributed by atoms with Crippen LogP contribution < -0.4 is 10.1 Å². The molecule has 0 radical (unpaired) electrons. The number of piperidine rings is 1. The maximum atomic E-state index is 13.0. The summed E-state index contributed by atoms with van der Waals surface area (Å²) in [4.78, 5) is 39.2. The topological polar surface area (TPSA) is 134 Å². The summed E-state index contributed by atoms with van der Waals surface area (Å²) in [5.41, 5.74) is 0.980. The summed E-state index contributed by atoms with van der Waals surface area (Å²) >= 11 is 1.31. The van der Waals surface area contributed by atoms with Gasteiger partial charge >= 0.3 is 6.36 Å².